The van der Waals surface area contributed by atoms with Gasteiger partial charge in [-0.05, 0) is 42.3 Å². The largest absolute Gasteiger partial charge is 0.384 e. The fourth-order valence-electron chi connectivity index (χ4n) is 3.97. The SMILES string of the molecule is CC(NC(=O)c1c(N)n(Cc2ccc(Cl)cc2)c2nc3ccccc3nc12)c1ccccc1. The summed E-state index contributed by atoms with van der Waals surface area (Å²) in [5.41, 5.74) is 11.4. The van der Waals surface area contributed by atoms with Gasteiger partial charge in [0.25, 0.3) is 5.91 Å². The van der Waals surface area contributed by atoms with Gasteiger partial charge in [0.15, 0.2) is 5.65 Å². The summed E-state index contributed by atoms with van der Waals surface area (Å²) in [6.45, 7) is 2.38. The Morgan fingerprint density at radius 2 is 1.61 bits per heavy atom. The minimum atomic E-state index is -0.284. The molecule has 33 heavy (non-hydrogen) atoms. The Morgan fingerprint density at radius 1 is 0.970 bits per heavy atom. The number of nitrogens with one attached hydrogen (secondary N) is 1. The molecule has 0 aliphatic heterocycles. The minimum absolute atomic E-state index is 0.193. The van der Waals surface area contributed by atoms with Crippen LogP contribution in [0.2, 0.25) is 5.02 Å². The molecule has 2 heterocycles. The highest BCUT2D eigenvalue weighted by Crippen LogP contribution is 2.29. The zero-order valence-corrected chi connectivity index (χ0v) is 18.8. The molecule has 0 aliphatic carbocycles. The molecule has 1 atom stereocenters. The van der Waals surface area contributed by atoms with Gasteiger partial charge in [-0.3, -0.25) is 4.79 Å². The van der Waals surface area contributed by atoms with Crippen LogP contribution in [0.3, 0.4) is 0 Å². The lowest BCUT2D eigenvalue weighted by atomic mass is 10.1. The summed E-state index contributed by atoms with van der Waals surface area (Å²) in [6, 6.07) is 24.7. The molecule has 0 saturated carbocycles. The van der Waals surface area contributed by atoms with E-state index in [9.17, 15) is 4.79 Å². The standard InChI is InChI=1S/C26H22ClN5O/c1-16(18-7-3-2-4-8-18)29-26(33)22-23-25(31-21-10-6-5-9-20(21)30-23)32(24(22)28)15-17-11-13-19(27)14-12-17/h2-14,16H,15,28H2,1H3,(H,29,33). The fraction of sp³-hybridized carbons (Fsp3) is 0.115. The Bertz CT molecular complexity index is 1460. The van der Waals surface area contributed by atoms with Crippen LogP contribution in [0.4, 0.5) is 5.82 Å². The average Bonchev–Trinajstić information content (AvgIpc) is 3.09. The van der Waals surface area contributed by atoms with Crippen molar-refractivity contribution in [1.29, 1.82) is 0 Å². The molecule has 0 bridgehead atoms. The zero-order chi connectivity index (χ0) is 22.9. The lowest BCUT2D eigenvalue weighted by Crippen LogP contribution is -2.27. The molecule has 0 saturated heterocycles. The number of nitrogens with two attached hydrogens (primary N) is 1. The van der Waals surface area contributed by atoms with E-state index >= 15 is 0 Å². The van der Waals surface area contributed by atoms with Gasteiger partial charge in [0.2, 0.25) is 0 Å². The van der Waals surface area contributed by atoms with Crippen LogP contribution in [0.1, 0.15) is 34.5 Å². The van der Waals surface area contributed by atoms with Crippen LogP contribution < -0.4 is 11.1 Å². The topological polar surface area (TPSA) is 85.8 Å². The molecular weight excluding hydrogens is 434 g/mol. The molecule has 0 aliphatic rings. The van der Waals surface area contributed by atoms with E-state index < -0.39 is 0 Å². The number of para-hydroxylation sites is 2. The predicted molar refractivity (Wildman–Crippen MR) is 132 cm³/mol. The van der Waals surface area contributed by atoms with Crippen molar-refractivity contribution in [2.24, 2.45) is 0 Å². The van der Waals surface area contributed by atoms with Gasteiger partial charge in [-0.25, -0.2) is 9.97 Å². The molecule has 7 heteroatoms. The Hall–Kier alpha value is -3.90. The number of hydrogen-bond acceptors (Lipinski definition) is 4. The van der Waals surface area contributed by atoms with Crippen LogP contribution in [0, 0.1) is 0 Å². The predicted octanol–water partition coefficient (Wildman–Crippen LogP) is 5.36. The Kier molecular flexibility index (Phi) is 5.44. The number of benzene rings is 3. The number of carbonyl (C=O) groups excluding carboxylic acids is 1. The minimum Gasteiger partial charge on any atom is -0.384 e. The second kappa shape index (κ2) is 8.56. The first-order valence-corrected chi connectivity index (χ1v) is 11.0. The smallest absolute Gasteiger partial charge is 0.257 e. The molecule has 3 N–H and O–H groups in total. The third kappa shape index (κ3) is 4.01. The number of hydrogen-bond donors (Lipinski definition) is 2. The van der Waals surface area contributed by atoms with Crippen LogP contribution in [0.15, 0.2) is 78.9 Å². The number of carbonyl (C=O) groups is 1. The molecule has 1 unspecified atom stereocenters. The highest BCUT2D eigenvalue weighted by atomic mass is 35.5. The number of amides is 1. The second-order valence-electron chi connectivity index (χ2n) is 7.96. The number of nitrogens with zero attached hydrogens (tertiary/aromatic N) is 3. The number of anilines is 1. The highest BCUT2D eigenvalue weighted by molar-refractivity contribution is 6.30. The molecule has 6 nitrogen and oxygen atoms in total. The molecule has 2 aromatic heterocycles. The molecule has 0 spiro atoms. The summed E-state index contributed by atoms with van der Waals surface area (Å²) >= 11 is 6.04. The molecular formula is C26H22ClN5O. The maximum Gasteiger partial charge on any atom is 0.257 e. The van der Waals surface area contributed by atoms with Gasteiger partial charge in [-0.15, -0.1) is 0 Å². The first kappa shape index (κ1) is 21.0. The van der Waals surface area contributed by atoms with Gasteiger partial charge in [-0.1, -0.05) is 66.2 Å². The maximum atomic E-state index is 13.4. The average molecular weight is 456 g/mol. The van der Waals surface area contributed by atoms with Gasteiger partial charge >= 0.3 is 0 Å². The number of fused-ring (bicyclic) bond motifs is 2. The lowest BCUT2D eigenvalue weighted by molar-refractivity contribution is 0.0942. The van der Waals surface area contributed by atoms with Gasteiger partial charge in [0.05, 0.1) is 23.6 Å². The summed E-state index contributed by atoms with van der Waals surface area (Å²) < 4.78 is 1.83. The molecule has 3 aromatic carbocycles. The van der Waals surface area contributed by atoms with Crippen molar-refractivity contribution in [3.05, 3.63) is 101 Å². The van der Waals surface area contributed by atoms with Gasteiger partial charge in [-0.2, -0.15) is 0 Å². The first-order valence-electron chi connectivity index (χ1n) is 10.7. The van der Waals surface area contributed by atoms with Crippen molar-refractivity contribution in [3.63, 3.8) is 0 Å². The summed E-state index contributed by atoms with van der Waals surface area (Å²) in [4.78, 5) is 23.0. The van der Waals surface area contributed by atoms with Crippen molar-refractivity contribution < 1.29 is 4.79 Å². The van der Waals surface area contributed by atoms with Crippen molar-refractivity contribution in [2.75, 3.05) is 5.73 Å². The van der Waals surface area contributed by atoms with E-state index in [0.717, 1.165) is 16.6 Å². The molecule has 164 valence electrons. The van der Waals surface area contributed by atoms with Crippen LogP contribution in [0.25, 0.3) is 22.2 Å². The number of halogens is 1. The molecule has 5 aromatic rings. The Labute approximate surface area is 196 Å². The van der Waals surface area contributed by atoms with E-state index in [1.54, 1.807) is 0 Å². The van der Waals surface area contributed by atoms with E-state index in [1.807, 2.05) is 90.4 Å². The maximum absolute atomic E-state index is 13.4. The molecule has 0 radical (unpaired) electrons. The van der Waals surface area contributed by atoms with Crippen LogP contribution in [-0.4, -0.2) is 20.4 Å². The summed E-state index contributed by atoms with van der Waals surface area (Å²) in [5.74, 6) is 0.0429. The van der Waals surface area contributed by atoms with Gasteiger partial charge in [0.1, 0.15) is 16.9 Å². The lowest BCUT2D eigenvalue weighted by Gasteiger charge is -2.14. The van der Waals surface area contributed by atoms with E-state index in [0.29, 0.717) is 39.6 Å². The molecule has 1 amide bonds. The van der Waals surface area contributed by atoms with Crippen molar-refractivity contribution in [2.45, 2.75) is 19.5 Å². The van der Waals surface area contributed by atoms with E-state index in [1.165, 1.54) is 0 Å². The second-order valence-corrected chi connectivity index (χ2v) is 8.40. The van der Waals surface area contributed by atoms with E-state index in [-0.39, 0.29) is 11.9 Å². The Morgan fingerprint density at radius 3 is 2.30 bits per heavy atom. The zero-order valence-electron chi connectivity index (χ0n) is 18.0. The van der Waals surface area contributed by atoms with Crippen molar-refractivity contribution in [3.8, 4) is 0 Å². The molecule has 0 fully saturated rings. The fourth-order valence-corrected chi connectivity index (χ4v) is 4.09. The third-order valence-electron chi connectivity index (χ3n) is 5.72. The van der Waals surface area contributed by atoms with E-state index in [2.05, 4.69) is 5.32 Å². The van der Waals surface area contributed by atoms with Crippen LogP contribution in [-0.2, 0) is 6.54 Å². The summed E-state index contributed by atoms with van der Waals surface area (Å²) in [6.07, 6.45) is 0. The number of aromatic nitrogens is 3. The normalized spacial score (nSPS) is 12.2. The van der Waals surface area contributed by atoms with E-state index in [4.69, 9.17) is 27.3 Å². The van der Waals surface area contributed by atoms with Gasteiger partial charge in [0, 0.05) is 5.02 Å². The van der Waals surface area contributed by atoms with Crippen LogP contribution in [0.5, 0.6) is 0 Å². The quantitative estimate of drug-likeness (QED) is 0.373. The Balaban J connectivity index is 1.62. The number of rotatable bonds is 5. The third-order valence-corrected chi connectivity index (χ3v) is 5.97. The summed E-state index contributed by atoms with van der Waals surface area (Å²) in [7, 11) is 0. The molecule has 5 rings (SSSR count). The first-order chi connectivity index (χ1) is 16.0. The van der Waals surface area contributed by atoms with Crippen molar-refractivity contribution >= 4 is 45.5 Å². The van der Waals surface area contributed by atoms with Crippen LogP contribution >= 0.6 is 11.6 Å². The van der Waals surface area contributed by atoms with Gasteiger partial charge < -0.3 is 15.6 Å². The summed E-state index contributed by atoms with van der Waals surface area (Å²) in [5, 5.41) is 3.72. The van der Waals surface area contributed by atoms with Crippen molar-refractivity contribution in [1.82, 2.24) is 19.9 Å². The number of nitrogen functional groups attached to an aromatic ring is 1. The highest BCUT2D eigenvalue weighted by Gasteiger charge is 2.25. The monoisotopic (exact) mass is 455 g/mol.